The van der Waals surface area contributed by atoms with Crippen LogP contribution in [0.3, 0.4) is 0 Å². The van der Waals surface area contributed by atoms with Crippen LogP contribution in [-0.4, -0.2) is 54.7 Å². The molecule has 1 N–H and O–H groups in total. The molecule has 2 aliphatic rings. The molecule has 33 heavy (non-hydrogen) atoms. The topological polar surface area (TPSA) is 85.3 Å². The van der Waals surface area contributed by atoms with E-state index in [1.54, 1.807) is 43.5 Å². The van der Waals surface area contributed by atoms with Gasteiger partial charge in [0.1, 0.15) is 17.3 Å². The fraction of sp³-hybridized carbons (Fsp3) is 0.385. The number of aliphatic hydroxyl groups is 1. The van der Waals surface area contributed by atoms with Crippen molar-refractivity contribution in [1.29, 1.82) is 0 Å². The molecule has 0 aliphatic carbocycles. The monoisotopic (exact) mass is 451 g/mol. The van der Waals surface area contributed by atoms with E-state index in [4.69, 9.17) is 14.2 Å². The van der Waals surface area contributed by atoms with E-state index < -0.39 is 17.7 Å². The zero-order chi connectivity index (χ0) is 23.4. The molecule has 2 fully saturated rings. The molecular weight excluding hydrogens is 422 g/mol. The average Bonchev–Trinajstić information content (AvgIpc) is 3.45. The number of methoxy groups -OCH3 is 1. The number of benzene rings is 2. The molecule has 0 bridgehead atoms. The van der Waals surface area contributed by atoms with E-state index in [9.17, 15) is 14.7 Å². The zero-order valence-corrected chi connectivity index (χ0v) is 19.0. The summed E-state index contributed by atoms with van der Waals surface area (Å²) in [6.07, 6.45) is 2.52. The van der Waals surface area contributed by atoms with Gasteiger partial charge in [0, 0.05) is 18.7 Å². The van der Waals surface area contributed by atoms with E-state index in [0.717, 1.165) is 24.8 Å². The van der Waals surface area contributed by atoms with Crippen molar-refractivity contribution >= 4 is 17.4 Å². The van der Waals surface area contributed by atoms with Gasteiger partial charge >= 0.3 is 0 Å². The van der Waals surface area contributed by atoms with Gasteiger partial charge in [-0.15, -0.1) is 0 Å². The van der Waals surface area contributed by atoms with Gasteiger partial charge in [-0.3, -0.25) is 9.59 Å². The standard InChI is InChI=1S/C26H29NO6/c1-3-14-32-20-12-8-18(9-13-20)24(28)22-23(17-6-10-19(31-2)11-7-17)27(26(30)25(22)29)16-21-5-4-15-33-21/h6-13,21,23,28H,3-5,14-16H2,1-2H3/b24-22-. The molecule has 2 saturated heterocycles. The minimum absolute atomic E-state index is 0.0744. The minimum atomic E-state index is -0.712. The second-order valence-electron chi connectivity index (χ2n) is 8.23. The van der Waals surface area contributed by atoms with Crippen molar-refractivity contribution < 1.29 is 28.9 Å². The molecule has 2 aromatic carbocycles. The third-order valence-corrected chi connectivity index (χ3v) is 6.00. The predicted octanol–water partition coefficient (Wildman–Crippen LogP) is 4.08. The largest absolute Gasteiger partial charge is 0.507 e. The van der Waals surface area contributed by atoms with Crippen LogP contribution in [0, 0.1) is 0 Å². The quantitative estimate of drug-likeness (QED) is 0.370. The van der Waals surface area contributed by atoms with Crippen molar-refractivity contribution in [2.24, 2.45) is 0 Å². The van der Waals surface area contributed by atoms with Crippen LogP contribution < -0.4 is 9.47 Å². The molecule has 2 heterocycles. The average molecular weight is 452 g/mol. The highest BCUT2D eigenvalue weighted by molar-refractivity contribution is 6.46. The molecule has 0 aromatic heterocycles. The number of likely N-dealkylation sites (tertiary alicyclic amines) is 1. The lowest BCUT2D eigenvalue weighted by molar-refractivity contribution is -0.140. The van der Waals surface area contributed by atoms with Crippen LogP contribution >= 0.6 is 0 Å². The Morgan fingerprint density at radius 3 is 2.39 bits per heavy atom. The van der Waals surface area contributed by atoms with Crippen LogP contribution in [0.2, 0.25) is 0 Å². The van der Waals surface area contributed by atoms with E-state index in [0.29, 0.717) is 36.8 Å². The number of carbonyl (C=O) groups excluding carboxylic acids is 2. The van der Waals surface area contributed by atoms with Gasteiger partial charge in [-0.05, 0) is 61.2 Å². The molecule has 2 atom stereocenters. The summed E-state index contributed by atoms with van der Waals surface area (Å²) in [5.41, 5.74) is 1.25. The molecule has 2 aliphatic heterocycles. The Balaban J connectivity index is 1.74. The number of rotatable bonds is 8. The van der Waals surface area contributed by atoms with Gasteiger partial charge in [-0.2, -0.15) is 0 Å². The van der Waals surface area contributed by atoms with Crippen molar-refractivity contribution in [1.82, 2.24) is 4.90 Å². The SMILES string of the molecule is CCCOc1ccc(/C(O)=C2/C(=O)C(=O)N(CC3CCCO3)C2c2ccc(OC)cc2)cc1. The van der Waals surface area contributed by atoms with Crippen LogP contribution in [0.1, 0.15) is 43.4 Å². The van der Waals surface area contributed by atoms with Gasteiger partial charge in [-0.1, -0.05) is 19.1 Å². The lowest BCUT2D eigenvalue weighted by atomic mass is 9.95. The van der Waals surface area contributed by atoms with E-state index in [1.807, 2.05) is 19.1 Å². The summed E-state index contributed by atoms with van der Waals surface area (Å²) in [7, 11) is 1.58. The van der Waals surface area contributed by atoms with Crippen molar-refractivity contribution in [3.63, 3.8) is 0 Å². The first-order valence-electron chi connectivity index (χ1n) is 11.3. The van der Waals surface area contributed by atoms with E-state index in [2.05, 4.69) is 0 Å². The maximum absolute atomic E-state index is 13.1. The van der Waals surface area contributed by atoms with E-state index in [1.165, 1.54) is 4.90 Å². The second kappa shape index (κ2) is 10.1. The molecule has 2 unspecified atom stereocenters. The lowest BCUT2D eigenvalue weighted by Crippen LogP contribution is -2.36. The number of carbonyl (C=O) groups is 2. The summed E-state index contributed by atoms with van der Waals surface area (Å²) in [5, 5.41) is 11.2. The maximum atomic E-state index is 13.1. The van der Waals surface area contributed by atoms with Crippen molar-refractivity contribution in [2.75, 3.05) is 26.9 Å². The molecule has 0 radical (unpaired) electrons. The Labute approximate surface area is 193 Å². The van der Waals surface area contributed by atoms with Crippen LogP contribution in [0.15, 0.2) is 54.1 Å². The number of nitrogens with zero attached hydrogens (tertiary/aromatic N) is 1. The number of hydrogen-bond donors (Lipinski definition) is 1. The molecular formula is C26H29NO6. The first-order valence-corrected chi connectivity index (χ1v) is 11.3. The number of hydrogen-bond acceptors (Lipinski definition) is 6. The van der Waals surface area contributed by atoms with Gasteiger partial charge < -0.3 is 24.2 Å². The Morgan fingerprint density at radius 2 is 1.79 bits per heavy atom. The third-order valence-electron chi connectivity index (χ3n) is 6.00. The number of ketones is 1. The van der Waals surface area contributed by atoms with Gasteiger partial charge in [0.25, 0.3) is 11.7 Å². The molecule has 2 aromatic rings. The summed E-state index contributed by atoms with van der Waals surface area (Å²) in [5.74, 6) is -0.184. The summed E-state index contributed by atoms with van der Waals surface area (Å²) in [6, 6.07) is 13.3. The fourth-order valence-electron chi connectivity index (χ4n) is 4.29. The molecule has 7 heteroatoms. The first-order chi connectivity index (χ1) is 16.0. The number of ether oxygens (including phenoxy) is 3. The lowest BCUT2D eigenvalue weighted by Gasteiger charge is -2.27. The molecule has 0 saturated carbocycles. The molecule has 7 nitrogen and oxygen atoms in total. The second-order valence-corrected chi connectivity index (χ2v) is 8.23. The molecule has 174 valence electrons. The van der Waals surface area contributed by atoms with Crippen molar-refractivity contribution in [3.8, 4) is 11.5 Å². The molecule has 4 rings (SSSR count). The Kier molecular flexibility index (Phi) is 6.99. The molecule has 1 amide bonds. The summed E-state index contributed by atoms with van der Waals surface area (Å²) in [4.78, 5) is 27.7. The van der Waals surface area contributed by atoms with Gasteiger partial charge in [-0.25, -0.2) is 0 Å². The zero-order valence-electron chi connectivity index (χ0n) is 19.0. The van der Waals surface area contributed by atoms with Crippen LogP contribution in [0.25, 0.3) is 5.76 Å². The highest BCUT2D eigenvalue weighted by atomic mass is 16.5. The Bertz CT molecular complexity index is 1020. The van der Waals surface area contributed by atoms with Crippen LogP contribution in [0.4, 0.5) is 0 Å². The predicted molar refractivity (Wildman–Crippen MR) is 123 cm³/mol. The summed E-state index contributed by atoms with van der Waals surface area (Å²) in [6.45, 7) is 3.56. The van der Waals surface area contributed by atoms with Gasteiger partial charge in [0.2, 0.25) is 0 Å². The van der Waals surface area contributed by atoms with Crippen molar-refractivity contribution in [3.05, 3.63) is 65.2 Å². The first kappa shape index (κ1) is 22.9. The minimum Gasteiger partial charge on any atom is -0.507 e. The van der Waals surface area contributed by atoms with Crippen LogP contribution in [0.5, 0.6) is 11.5 Å². The smallest absolute Gasteiger partial charge is 0.295 e. The van der Waals surface area contributed by atoms with E-state index in [-0.39, 0.29) is 17.4 Å². The van der Waals surface area contributed by atoms with Crippen LogP contribution in [-0.2, 0) is 14.3 Å². The third kappa shape index (κ3) is 4.73. The van der Waals surface area contributed by atoms with Gasteiger partial charge in [0.05, 0.1) is 31.4 Å². The fourth-order valence-corrected chi connectivity index (χ4v) is 4.29. The van der Waals surface area contributed by atoms with E-state index >= 15 is 0 Å². The summed E-state index contributed by atoms with van der Waals surface area (Å²) < 4.78 is 16.6. The number of Topliss-reactive ketones (excluding diaryl/α,β-unsaturated/α-hetero) is 1. The summed E-state index contributed by atoms with van der Waals surface area (Å²) >= 11 is 0. The number of amides is 1. The Morgan fingerprint density at radius 1 is 1.09 bits per heavy atom. The highest BCUT2D eigenvalue weighted by Crippen LogP contribution is 2.40. The maximum Gasteiger partial charge on any atom is 0.295 e. The Hall–Kier alpha value is -3.32. The van der Waals surface area contributed by atoms with Gasteiger partial charge in [0.15, 0.2) is 0 Å². The molecule has 0 spiro atoms. The normalized spacial score (nSPS) is 22.1. The number of aliphatic hydroxyl groups excluding tert-OH is 1. The highest BCUT2D eigenvalue weighted by Gasteiger charge is 2.47. The van der Waals surface area contributed by atoms with Crippen molar-refractivity contribution in [2.45, 2.75) is 38.3 Å².